The lowest BCUT2D eigenvalue weighted by molar-refractivity contribution is 0.153. The predicted molar refractivity (Wildman–Crippen MR) is 72.4 cm³/mol. The molecule has 0 aromatic heterocycles. The van der Waals surface area contributed by atoms with Gasteiger partial charge in [-0.25, -0.2) is 21.9 Å². The van der Waals surface area contributed by atoms with Gasteiger partial charge in [0, 0.05) is 6.04 Å². The van der Waals surface area contributed by atoms with Crippen molar-refractivity contribution in [2.24, 2.45) is 0 Å². The van der Waals surface area contributed by atoms with E-state index < -0.39 is 23.0 Å². The number of nitrogens with one attached hydrogen (secondary N) is 2. The fourth-order valence-electron chi connectivity index (χ4n) is 1.80. The standard InChI is InChI=1S/C13H18F2N2O2S/c14-13(15)9-17-20(18,19)12-5-1-10(2-6-12)7-8-16-11-3-4-11/h1-2,5-6,11,13,16-17H,3-4,7-9H2. The summed E-state index contributed by atoms with van der Waals surface area (Å²) in [6, 6.07) is 6.96. The summed E-state index contributed by atoms with van der Waals surface area (Å²) < 4.78 is 49.3. The second-order valence-electron chi connectivity index (χ2n) is 4.87. The molecule has 4 nitrogen and oxygen atoms in total. The van der Waals surface area contributed by atoms with Crippen LogP contribution in [0.3, 0.4) is 0 Å². The van der Waals surface area contributed by atoms with E-state index in [1.807, 2.05) is 4.72 Å². The van der Waals surface area contributed by atoms with E-state index in [4.69, 9.17) is 0 Å². The van der Waals surface area contributed by atoms with Crippen molar-refractivity contribution in [1.82, 2.24) is 10.0 Å². The first kappa shape index (κ1) is 15.3. The van der Waals surface area contributed by atoms with Gasteiger partial charge in [0.05, 0.1) is 11.4 Å². The van der Waals surface area contributed by atoms with Crippen molar-refractivity contribution in [3.63, 3.8) is 0 Å². The maximum absolute atomic E-state index is 12.0. The van der Waals surface area contributed by atoms with Gasteiger partial charge in [-0.1, -0.05) is 12.1 Å². The summed E-state index contributed by atoms with van der Waals surface area (Å²) in [4.78, 5) is 0.0112. The smallest absolute Gasteiger partial charge is 0.251 e. The van der Waals surface area contributed by atoms with Crippen molar-refractivity contribution in [3.05, 3.63) is 29.8 Å². The number of sulfonamides is 1. The van der Waals surface area contributed by atoms with Gasteiger partial charge in [-0.15, -0.1) is 0 Å². The van der Waals surface area contributed by atoms with E-state index in [0.29, 0.717) is 6.04 Å². The van der Waals surface area contributed by atoms with Crippen LogP contribution in [-0.4, -0.2) is 34.0 Å². The number of alkyl halides is 2. The Hall–Kier alpha value is -1.05. The Labute approximate surface area is 117 Å². The van der Waals surface area contributed by atoms with Crippen molar-refractivity contribution in [3.8, 4) is 0 Å². The summed E-state index contributed by atoms with van der Waals surface area (Å²) in [6.45, 7) is -0.00418. The lowest BCUT2D eigenvalue weighted by Gasteiger charge is -2.07. The largest absolute Gasteiger partial charge is 0.314 e. The third-order valence-electron chi connectivity index (χ3n) is 3.09. The highest BCUT2D eigenvalue weighted by atomic mass is 32.2. The molecule has 0 amide bonds. The molecule has 20 heavy (non-hydrogen) atoms. The molecular weight excluding hydrogens is 286 g/mol. The first-order valence-electron chi connectivity index (χ1n) is 6.57. The van der Waals surface area contributed by atoms with Crippen molar-refractivity contribution < 1.29 is 17.2 Å². The minimum atomic E-state index is -3.84. The van der Waals surface area contributed by atoms with Crippen LogP contribution in [0.2, 0.25) is 0 Å². The number of halogens is 2. The van der Waals surface area contributed by atoms with Crippen LogP contribution < -0.4 is 10.0 Å². The molecule has 0 bridgehead atoms. The van der Waals surface area contributed by atoms with E-state index in [2.05, 4.69) is 5.32 Å². The minimum Gasteiger partial charge on any atom is -0.314 e. The fraction of sp³-hybridized carbons (Fsp3) is 0.538. The zero-order chi connectivity index (χ0) is 14.6. The lowest BCUT2D eigenvalue weighted by atomic mass is 10.1. The van der Waals surface area contributed by atoms with Crippen LogP contribution in [0.25, 0.3) is 0 Å². The van der Waals surface area contributed by atoms with Crippen LogP contribution in [0.5, 0.6) is 0 Å². The van der Waals surface area contributed by atoms with Crippen molar-refractivity contribution >= 4 is 10.0 Å². The van der Waals surface area contributed by atoms with Crippen molar-refractivity contribution in [2.45, 2.75) is 36.6 Å². The maximum atomic E-state index is 12.0. The average Bonchev–Trinajstić information content (AvgIpc) is 3.21. The molecule has 112 valence electrons. The molecule has 1 aromatic carbocycles. The van der Waals surface area contributed by atoms with Gasteiger partial charge in [-0.3, -0.25) is 0 Å². The van der Waals surface area contributed by atoms with Crippen LogP contribution in [0, 0.1) is 0 Å². The topological polar surface area (TPSA) is 58.2 Å². The molecule has 0 aliphatic heterocycles. The molecule has 2 N–H and O–H groups in total. The Kier molecular flexibility index (Phi) is 5.06. The van der Waals surface area contributed by atoms with Gasteiger partial charge < -0.3 is 5.32 Å². The Balaban J connectivity index is 1.88. The van der Waals surface area contributed by atoms with Crippen LogP contribution in [0.15, 0.2) is 29.2 Å². The van der Waals surface area contributed by atoms with Gasteiger partial charge in [-0.05, 0) is 43.5 Å². The molecule has 1 aliphatic carbocycles. The van der Waals surface area contributed by atoms with Crippen LogP contribution in [0.1, 0.15) is 18.4 Å². The van der Waals surface area contributed by atoms with E-state index in [0.717, 1.165) is 18.5 Å². The second kappa shape index (κ2) is 6.60. The lowest BCUT2D eigenvalue weighted by Crippen LogP contribution is -2.28. The molecule has 1 aromatic rings. The quantitative estimate of drug-likeness (QED) is 0.766. The summed E-state index contributed by atoms with van der Waals surface area (Å²) in [7, 11) is -3.84. The Morgan fingerprint density at radius 2 is 1.85 bits per heavy atom. The van der Waals surface area contributed by atoms with E-state index in [1.54, 1.807) is 12.1 Å². The second-order valence-corrected chi connectivity index (χ2v) is 6.63. The average molecular weight is 304 g/mol. The highest BCUT2D eigenvalue weighted by Gasteiger charge is 2.19. The molecule has 0 atom stereocenters. The summed E-state index contributed by atoms with van der Waals surface area (Å²) in [6.07, 6.45) is 0.582. The summed E-state index contributed by atoms with van der Waals surface area (Å²) in [5, 5.41) is 3.37. The highest BCUT2D eigenvalue weighted by molar-refractivity contribution is 7.89. The van der Waals surface area contributed by atoms with Gasteiger partial charge in [0.2, 0.25) is 10.0 Å². The zero-order valence-electron chi connectivity index (χ0n) is 11.0. The molecule has 0 spiro atoms. The van der Waals surface area contributed by atoms with E-state index in [-0.39, 0.29) is 4.90 Å². The minimum absolute atomic E-state index is 0.0112. The van der Waals surface area contributed by atoms with E-state index >= 15 is 0 Å². The molecule has 0 heterocycles. The highest BCUT2D eigenvalue weighted by Crippen LogP contribution is 2.18. The molecule has 0 unspecified atom stereocenters. The fourth-order valence-corrected chi connectivity index (χ4v) is 2.81. The van der Waals surface area contributed by atoms with Crippen molar-refractivity contribution in [2.75, 3.05) is 13.1 Å². The summed E-state index contributed by atoms with van der Waals surface area (Å²) in [5.41, 5.74) is 1.02. The Morgan fingerprint density at radius 1 is 1.20 bits per heavy atom. The van der Waals surface area contributed by atoms with E-state index in [1.165, 1.54) is 25.0 Å². The molecule has 1 fully saturated rings. The maximum Gasteiger partial charge on any atom is 0.251 e. The molecule has 1 saturated carbocycles. The molecule has 7 heteroatoms. The third-order valence-corrected chi connectivity index (χ3v) is 4.52. The number of hydrogen-bond donors (Lipinski definition) is 2. The molecular formula is C13H18F2N2O2S. The first-order chi connectivity index (χ1) is 9.47. The normalized spacial score (nSPS) is 15.8. The molecule has 2 rings (SSSR count). The zero-order valence-corrected chi connectivity index (χ0v) is 11.8. The van der Waals surface area contributed by atoms with Crippen LogP contribution in [0.4, 0.5) is 8.78 Å². The molecule has 0 radical (unpaired) electrons. The molecule has 1 aliphatic rings. The Bertz CT molecular complexity index is 528. The predicted octanol–water partition coefficient (Wildman–Crippen LogP) is 1.52. The van der Waals surface area contributed by atoms with E-state index in [9.17, 15) is 17.2 Å². The van der Waals surface area contributed by atoms with Gasteiger partial charge in [0.15, 0.2) is 0 Å². The van der Waals surface area contributed by atoms with Crippen molar-refractivity contribution in [1.29, 1.82) is 0 Å². The monoisotopic (exact) mass is 304 g/mol. The summed E-state index contributed by atoms with van der Waals surface area (Å²) in [5.74, 6) is 0. The van der Waals surface area contributed by atoms with Crippen LogP contribution in [-0.2, 0) is 16.4 Å². The number of rotatable bonds is 8. The Morgan fingerprint density at radius 3 is 2.40 bits per heavy atom. The van der Waals surface area contributed by atoms with Gasteiger partial charge in [0.1, 0.15) is 0 Å². The van der Waals surface area contributed by atoms with Gasteiger partial charge in [-0.2, -0.15) is 0 Å². The SMILES string of the molecule is O=S(=O)(NCC(F)F)c1ccc(CCNC2CC2)cc1. The molecule has 0 saturated heterocycles. The van der Waals surface area contributed by atoms with Gasteiger partial charge in [0.25, 0.3) is 6.43 Å². The van der Waals surface area contributed by atoms with Gasteiger partial charge >= 0.3 is 0 Å². The number of hydrogen-bond acceptors (Lipinski definition) is 3. The van der Waals surface area contributed by atoms with Crippen LogP contribution >= 0.6 is 0 Å². The summed E-state index contributed by atoms with van der Waals surface area (Å²) >= 11 is 0. The first-order valence-corrected chi connectivity index (χ1v) is 8.06. The number of benzene rings is 1. The third kappa shape index (κ3) is 4.81.